The number of hydrogen-bond donors (Lipinski definition) is 0. The van der Waals surface area contributed by atoms with Crippen LogP contribution in [0.2, 0.25) is 0 Å². The Morgan fingerprint density at radius 2 is 1.94 bits per heavy atom. The number of hydrogen-bond acceptors (Lipinski definition) is 7. The van der Waals surface area contributed by atoms with Crippen molar-refractivity contribution in [1.82, 2.24) is 4.57 Å². The molecule has 1 aliphatic rings. The van der Waals surface area contributed by atoms with Gasteiger partial charge in [0.2, 0.25) is 0 Å². The highest BCUT2D eigenvalue weighted by Crippen LogP contribution is 2.37. The Kier molecular flexibility index (Phi) is 7.28. The second kappa shape index (κ2) is 10.2. The van der Waals surface area contributed by atoms with Crippen molar-refractivity contribution in [2.24, 2.45) is 4.99 Å². The van der Waals surface area contributed by atoms with Crippen molar-refractivity contribution in [3.05, 3.63) is 88.5 Å². The molecule has 2 aromatic carbocycles. The molecule has 2 heterocycles. The van der Waals surface area contributed by atoms with Gasteiger partial charge in [-0.2, -0.15) is 0 Å². The maximum atomic E-state index is 13.8. The zero-order chi connectivity index (χ0) is 25.3. The van der Waals surface area contributed by atoms with Crippen molar-refractivity contribution in [2.45, 2.75) is 26.8 Å². The van der Waals surface area contributed by atoms with Crippen molar-refractivity contribution in [1.29, 1.82) is 0 Å². The zero-order valence-electron chi connectivity index (χ0n) is 20.0. The molecule has 0 amide bonds. The van der Waals surface area contributed by atoms with Gasteiger partial charge >= 0.3 is 5.97 Å². The zero-order valence-corrected chi connectivity index (χ0v) is 22.5. The molecule has 7 nitrogen and oxygen atoms in total. The highest BCUT2D eigenvalue weighted by Gasteiger charge is 2.35. The van der Waals surface area contributed by atoms with E-state index in [1.165, 1.54) is 15.9 Å². The van der Waals surface area contributed by atoms with Crippen LogP contribution in [0, 0.1) is 6.92 Å². The number of halogens is 1. The number of methoxy groups -OCH3 is 2. The third kappa shape index (κ3) is 4.70. The SMILES string of the molecule is CCOC(=O)C1=C(C)N=c2s/c(=C\c3ccc(C)c(Br)c3)c(=O)n2[C@H]1c1cc(OC)ccc1OC. The molecular weight excluding hydrogens is 532 g/mol. The van der Waals surface area contributed by atoms with Crippen LogP contribution in [0.15, 0.2) is 61.9 Å². The monoisotopic (exact) mass is 556 g/mol. The average Bonchev–Trinajstić information content (AvgIpc) is 3.14. The van der Waals surface area contributed by atoms with Crippen LogP contribution in [0.4, 0.5) is 0 Å². The minimum Gasteiger partial charge on any atom is -0.497 e. The number of rotatable bonds is 6. The number of aromatic nitrogens is 1. The molecule has 0 bridgehead atoms. The van der Waals surface area contributed by atoms with Gasteiger partial charge in [0, 0.05) is 10.0 Å². The molecule has 182 valence electrons. The van der Waals surface area contributed by atoms with Crippen molar-refractivity contribution in [3.8, 4) is 11.5 Å². The molecule has 0 fully saturated rings. The fraction of sp³-hybridized carbons (Fsp3) is 0.269. The van der Waals surface area contributed by atoms with Crippen molar-refractivity contribution in [2.75, 3.05) is 20.8 Å². The molecule has 3 aromatic rings. The van der Waals surface area contributed by atoms with Crippen LogP contribution in [0.3, 0.4) is 0 Å². The molecule has 1 aromatic heterocycles. The minimum absolute atomic E-state index is 0.199. The maximum absolute atomic E-state index is 13.8. The molecule has 0 radical (unpaired) electrons. The normalized spacial score (nSPS) is 15.5. The quantitative estimate of drug-likeness (QED) is 0.430. The number of carbonyl (C=O) groups is 1. The highest BCUT2D eigenvalue weighted by molar-refractivity contribution is 9.10. The Morgan fingerprint density at radius 3 is 2.60 bits per heavy atom. The summed E-state index contributed by atoms with van der Waals surface area (Å²) in [5, 5.41) is 0. The standard InChI is InChI=1S/C26H25BrN2O5S/c1-6-34-25(31)22-15(3)28-26-29(23(22)18-13-17(32-4)9-10-20(18)33-5)24(30)21(35-26)12-16-8-7-14(2)19(27)11-16/h7-13,23H,6H2,1-5H3/b21-12-/t23-/m0/s1. The molecule has 0 saturated heterocycles. The number of fused-ring (bicyclic) bond motifs is 1. The third-order valence-electron chi connectivity index (χ3n) is 5.74. The van der Waals surface area contributed by atoms with E-state index in [1.54, 1.807) is 46.3 Å². The topological polar surface area (TPSA) is 79.1 Å². The predicted octanol–water partition coefficient (Wildman–Crippen LogP) is 3.89. The van der Waals surface area contributed by atoms with Gasteiger partial charge in [-0.05, 0) is 62.2 Å². The van der Waals surface area contributed by atoms with E-state index in [4.69, 9.17) is 14.2 Å². The molecule has 9 heteroatoms. The Bertz CT molecular complexity index is 1520. The largest absolute Gasteiger partial charge is 0.497 e. The summed E-state index contributed by atoms with van der Waals surface area (Å²) in [4.78, 5) is 32.0. The first-order chi connectivity index (χ1) is 16.8. The first-order valence-electron chi connectivity index (χ1n) is 11.0. The van der Waals surface area contributed by atoms with Gasteiger partial charge < -0.3 is 14.2 Å². The van der Waals surface area contributed by atoms with Crippen LogP contribution in [0.25, 0.3) is 6.08 Å². The van der Waals surface area contributed by atoms with Crippen LogP contribution in [0.1, 0.15) is 36.6 Å². The van der Waals surface area contributed by atoms with E-state index in [1.807, 2.05) is 31.2 Å². The molecule has 0 aliphatic carbocycles. The van der Waals surface area contributed by atoms with Gasteiger partial charge in [0.25, 0.3) is 5.56 Å². The molecule has 0 saturated carbocycles. The molecule has 0 unspecified atom stereocenters. The summed E-state index contributed by atoms with van der Waals surface area (Å²) in [5.74, 6) is 0.565. The molecule has 1 atom stereocenters. The predicted molar refractivity (Wildman–Crippen MR) is 139 cm³/mol. The summed E-state index contributed by atoms with van der Waals surface area (Å²) in [6, 6.07) is 10.4. The minimum atomic E-state index is -0.790. The molecular formula is C26H25BrN2O5S. The van der Waals surface area contributed by atoms with Gasteiger partial charge in [0.1, 0.15) is 17.5 Å². The van der Waals surface area contributed by atoms with E-state index in [0.29, 0.717) is 32.1 Å². The summed E-state index contributed by atoms with van der Waals surface area (Å²) in [7, 11) is 3.11. The van der Waals surface area contributed by atoms with Gasteiger partial charge in [0.05, 0.1) is 36.6 Å². The smallest absolute Gasteiger partial charge is 0.338 e. The molecule has 1 aliphatic heterocycles. The lowest BCUT2D eigenvalue weighted by Crippen LogP contribution is -2.40. The van der Waals surface area contributed by atoms with Gasteiger partial charge in [-0.25, -0.2) is 9.79 Å². The lowest BCUT2D eigenvalue weighted by molar-refractivity contribution is -0.139. The van der Waals surface area contributed by atoms with E-state index in [9.17, 15) is 9.59 Å². The maximum Gasteiger partial charge on any atom is 0.338 e. The number of carbonyl (C=O) groups excluding carboxylic acids is 1. The number of ether oxygens (including phenoxy) is 3. The number of allylic oxidation sites excluding steroid dienone is 1. The second-order valence-electron chi connectivity index (χ2n) is 7.92. The van der Waals surface area contributed by atoms with Crippen molar-refractivity contribution < 1.29 is 19.0 Å². The molecule has 0 N–H and O–H groups in total. The van der Waals surface area contributed by atoms with Gasteiger partial charge in [0.15, 0.2) is 4.80 Å². The molecule has 35 heavy (non-hydrogen) atoms. The Morgan fingerprint density at radius 1 is 1.17 bits per heavy atom. The first kappa shape index (κ1) is 24.9. The number of nitrogens with zero attached hydrogens (tertiary/aromatic N) is 2. The van der Waals surface area contributed by atoms with Crippen LogP contribution in [-0.2, 0) is 9.53 Å². The number of esters is 1. The molecule has 4 rings (SSSR count). The number of aryl methyl sites for hydroxylation is 1. The Labute approximate surface area is 215 Å². The van der Waals surface area contributed by atoms with Crippen molar-refractivity contribution in [3.63, 3.8) is 0 Å². The lowest BCUT2D eigenvalue weighted by atomic mass is 9.94. The van der Waals surface area contributed by atoms with Crippen molar-refractivity contribution >= 4 is 39.3 Å². The lowest BCUT2D eigenvalue weighted by Gasteiger charge is -2.26. The van der Waals surface area contributed by atoms with Crippen LogP contribution in [-0.4, -0.2) is 31.4 Å². The Hall–Kier alpha value is -3.17. The number of thiazole rings is 1. The van der Waals surface area contributed by atoms with E-state index in [0.717, 1.165) is 15.6 Å². The summed E-state index contributed by atoms with van der Waals surface area (Å²) in [5.41, 5.74) is 3.11. The van der Waals surface area contributed by atoms with E-state index in [-0.39, 0.29) is 17.7 Å². The van der Waals surface area contributed by atoms with E-state index < -0.39 is 12.0 Å². The third-order valence-corrected chi connectivity index (χ3v) is 7.58. The van der Waals surface area contributed by atoms with Crippen LogP contribution >= 0.6 is 27.3 Å². The summed E-state index contributed by atoms with van der Waals surface area (Å²) in [6.45, 7) is 5.69. The van der Waals surface area contributed by atoms with Gasteiger partial charge in [-0.1, -0.05) is 39.4 Å². The fourth-order valence-electron chi connectivity index (χ4n) is 3.99. The highest BCUT2D eigenvalue weighted by atomic mass is 79.9. The molecule has 0 spiro atoms. The van der Waals surface area contributed by atoms with Gasteiger partial charge in [-0.3, -0.25) is 9.36 Å². The van der Waals surface area contributed by atoms with Crippen LogP contribution < -0.4 is 24.4 Å². The number of benzene rings is 2. The average molecular weight is 557 g/mol. The Balaban J connectivity index is 2.01. The summed E-state index contributed by atoms with van der Waals surface area (Å²) < 4.78 is 19.4. The van der Waals surface area contributed by atoms with E-state index in [2.05, 4.69) is 20.9 Å². The van der Waals surface area contributed by atoms with Crippen LogP contribution in [0.5, 0.6) is 11.5 Å². The van der Waals surface area contributed by atoms with E-state index >= 15 is 0 Å². The summed E-state index contributed by atoms with van der Waals surface area (Å²) in [6.07, 6.45) is 1.83. The fourth-order valence-corrected chi connectivity index (χ4v) is 5.43. The van der Waals surface area contributed by atoms with Gasteiger partial charge in [-0.15, -0.1) is 0 Å². The summed E-state index contributed by atoms with van der Waals surface area (Å²) >= 11 is 4.82. The second-order valence-corrected chi connectivity index (χ2v) is 9.78. The first-order valence-corrected chi connectivity index (χ1v) is 12.6.